The first-order valence-electron chi connectivity index (χ1n) is 7.44. The summed E-state index contributed by atoms with van der Waals surface area (Å²) in [5.41, 5.74) is 4.89. The zero-order valence-corrected chi connectivity index (χ0v) is 13.4. The molecule has 0 saturated heterocycles. The molecule has 0 heterocycles. The van der Waals surface area contributed by atoms with E-state index in [1.807, 2.05) is 0 Å². The number of hydrazine groups is 1. The van der Waals surface area contributed by atoms with Crippen LogP contribution in [0.25, 0.3) is 0 Å². The summed E-state index contributed by atoms with van der Waals surface area (Å²) in [6.45, 7) is 0. The lowest BCUT2D eigenvalue weighted by atomic mass is 10.0. The van der Waals surface area contributed by atoms with E-state index >= 15 is 0 Å². The van der Waals surface area contributed by atoms with Crippen LogP contribution in [-0.4, -0.2) is 17.9 Å². The highest BCUT2D eigenvalue weighted by molar-refractivity contribution is 6.30. The van der Waals surface area contributed by atoms with Gasteiger partial charge in [-0.25, -0.2) is 0 Å². The third kappa shape index (κ3) is 4.74. The van der Waals surface area contributed by atoms with E-state index in [2.05, 4.69) is 10.9 Å². The van der Waals surface area contributed by atoms with Gasteiger partial charge in [0.2, 0.25) is 0 Å². The maximum absolute atomic E-state index is 12.7. The molecule has 1 aliphatic carbocycles. The van der Waals surface area contributed by atoms with Crippen LogP contribution in [0.3, 0.4) is 0 Å². The van der Waals surface area contributed by atoms with Gasteiger partial charge in [-0.05, 0) is 43.9 Å². The van der Waals surface area contributed by atoms with Crippen LogP contribution >= 0.6 is 11.6 Å². The molecule has 1 aromatic carbocycles. The van der Waals surface area contributed by atoms with Gasteiger partial charge in [0.05, 0.1) is 0 Å². The summed E-state index contributed by atoms with van der Waals surface area (Å²) in [6.07, 6.45) is -2.75. The quantitative estimate of drug-likeness (QED) is 0.800. The van der Waals surface area contributed by atoms with Crippen LogP contribution < -0.4 is 10.9 Å². The Balaban J connectivity index is 2.15. The molecule has 0 bridgehead atoms. The summed E-state index contributed by atoms with van der Waals surface area (Å²) in [4.78, 5) is 23.6. The Labute approximate surface area is 142 Å². The van der Waals surface area contributed by atoms with Crippen molar-refractivity contribution in [2.24, 2.45) is 0 Å². The number of nitrogens with one attached hydrogen (secondary N) is 2. The van der Waals surface area contributed by atoms with Crippen LogP contribution in [0.2, 0.25) is 5.02 Å². The number of benzene rings is 1. The fraction of sp³-hybridized carbons (Fsp3) is 0.375. The second-order valence-corrected chi connectivity index (χ2v) is 5.87. The standard InChI is InChI=1S/C16H16ClF3N2O2/c17-11-6-4-5-10(9-11)15(24)22-21-13-8-3-1-2-7-12(13)14(23)16(18,19)20/h4-6,9,21H,1-3,7-8H2,(H,22,24). The first-order valence-corrected chi connectivity index (χ1v) is 7.82. The van der Waals surface area contributed by atoms with Crippen LogP contribution in [0.4, 0.5) is 13.2 Å². The fourth-order valence-electron chi connectivity index (χ4n) is 2.48. The topological polar surface area (TPSA) is 58.2 Å². The molecule has 0 radical (unpaired) electrons. The maximum atomic E-state index is 12.7. The summed E-state index contributed by atoms with van der Waals surface area (Å²) in [7, 11) is 0. The van der Waals surface area contributed by atoms with Gasteiger partial charge in [0.1, 0.15) is 0 Å². The van der Waals surface area contributed by atoms with Crippen LogP contribution in [0.5, 0.6) is 0 Å². The Morgan fingerprint density at radius 3 is 2.46 bits per heavy atom. The minimum atomic E-state index is -4.93. The molecular formula is C16H16ClF3N2O2. The SMILES string of the molecule is O=C(NNC1=C(C(=O)C(F)(F)F)CCCCC1)c1cccc(Cl)c1. The van der Waals surface area contributed by atoms with Crippen molar-refractivity contribution in [3.63, 3.8) is 0 Å². The van der Waals surface area contributed by atoms with Crippen molar-refractivity contribution < 1.29 is 22.8 Å². The third-order valence-corrected chi connectivity index (χ3v) is 3.90. The van der Waals surface area contributed by atoms with Gasteiger partial charge < -0.3 is 5.43 Å². The average molecular weight is 361 g/mol. The van der Waals surface area contributed by atoms with E-state index in [1.54, 1.807) is 12.1 Å². The minimum absolute atomic E-state index is 0.0354. The fourth-order valence-corrected chi connectivity index (χ4v) is 2.67. The Bertz CT molecular complexity index is 672. The van der Waals surface area contributed by atoms with E-state index in [9.17, 15) is 22.8 Å². The van der Waals surface area contributed by atoms with Gasteiger partial charge in [0, 0.05) is 21.9 Å². The molecule has 0 spiro atoms. The monoisotopic (exact) mass is 360 g/mol. The molecule has 2 N–H and O–H groups in total. The van der Waals surface area contributed by atoms with E-state index < -0.39 is 17.9 Å². The van der Waals surface area contributed by atoms with Crippen molar-refractivity contribution in [2.45, 2.75) is 38.3 Å². The lowest BCUT2D eigenvalue weighted by Gasteiger charge is -2.16. The van der Waals surface area contributed by atoms with E-state index in [1.165, 1.54) is 12.1 Å². The Hall–Kier alpha value is -2.02. The van der Waals surface area contributed by atoms with E-state index in [4.69, 9.17) is 11.6 Å². The van der Waals surface area contributed by atoms with E-state index in [0.717, 1.165) is 6.42 Å². The van der Waals surface area contributed by atoms with E-state index in [0.29, 0.717) is 17.9 Å². The zero-order valence-electron chi connectivity index (χ0n) is 12.7. The molecule has 1 aliphatic rings. The number of hydrogen-bond donors (Lipinski definition) is 2. The molecule has 0 unspecified atom stereocenters. The predicted molar refractivity (Wildman–Crippen MR) is 83.2 cm³/mol. The second kappa shape index (κ2) is 7.70. The Morgan fingerprint density at radius 1 is 1.08 bits per heavy atom. The number of hydrogen-bond acceptors (Lipinski definition) is 3. The smallest absolute Gasteiger partial charge is 0.302 e. The van der Waals surface area contributed by atoms with Gasteiger partial charge >= 0.3 is 6.18 Å². The molecule has 1 aromatic rings. The number of allylic oxidation sites excluding steroid dienone is 2. The number of halogens is 4. The van der Waals surface area contributed by atoms with Crippen LogP contribution in [0.1, 0.15) is 42.5 Å². The summed E-state index contributed by atoms with van der Waals surface area (Å²) >= 11 is 5.79. The number of ketones is 1. The lowest BCUT2D eigenvalue weighted by Crippen LogP contribution is -2.38. The number of Topliss-reactive ketones (excluding diaryl/α,β-unsaturated/α-hetero) is 1. The average Bonchev–Trinajstić information content (AvgIpc) is 2.76. The molecule has 0 aliphatic heterocycles. The minimum Gasteiger partial charge on any atom is -0.302 e. The highest BCUT2D eigenvalue weighted by Gasteiger charge is 2.41. The molecule has 0 aromatic heterocycles. The van der Waals surface area contributed by atoms with Crippen molar-refractivity contribution >= 4 is 23.3 Å². The lowest BCUT2D eigenvalue weighted by molar-refractivity contribution is -0.166. The molecule has 1 amide bonds. The van der Waals surface area contributed by atoms with Gasteiger partial charge in [-0.3, -0.25) is 15.0 Å². The van der Waals surface area contributed by atoms with Gasteiger partial charge in [-0.2, -0.15) is 13.2 Å². The van der Waals surface area contributed by atoms with E-state index in [-0.39, 0.29) is 29.7 Å². The van der Waals surface area contributed by atoms with Crippen molar-refractivity contribution in [3.8, 4) is 0 Å². The Kier molecular flexibility index (Phi) is 5.88. The molecule has 0 saturated carbocycles. The number of amides is 1. The zero-order chi connectivity index (χ0) is 17.7. The molecule has 4 nitrogen and oxygen atoms in total. The highest BCUT2D eigenvalue weighted by atomic mass is 35.5. The molecule has 0 fully saturated rings. The van der Waals surface area contributed by atoms with Crippen LogP contribution in [0, 0.1) is 0 Å². The van der Waals surface area contributed by atoms with Gasteiger partial charge in [-0.1, -0.05) is 24.1 Å². The molecule has 130 valence electrons. The number of carbonyl (C=O) groups excluding carboxylic acids is 2. The largest absolute Gasteiger partial charge is 0.454 e. The molecule has 24 heavy (non-hydrogen) atoms. The van der Waals surface area contributed by atoms with Gasteiger partial charge in [-0.15, -0.1) is 0 Å². The van der Waals surface area contributed by atoms with Crippen molar-refractivity contribution in [2.75, 3.05) is 0 Å². The van der Waals surface area contributed by atoms with Crippen LogP contribution in [-0.2, 0) is 4.79 Å². The first kappa shape index (κ1) is 18.3. The van der Waals surface area contributed by atoms with Crippen molar-refractivity contribution in [3.05, 3.63) is 46.1 Å². The second-order valence-electron chi connectivity index (χ2n) is 5.43. The molecule has 8 heteroatoms. The van der Waals surface area contributed by atoms with Crippen LogP contribution in [0.15, 0.2) is 35.5 Å². The first-order chi connectivity index (χ1) is 11.3. The normalized spacial score (nSPS) is 15.7. The highest BCUT2D eigenvalue weighted by Crippen LogP contribution is 2.29. The summed E-state index contributed by atoms with van der Waals surface area (Å²) < 4.78 is 38.2. The predicted octanol–water partition coefficient (Wildman–Crippen LogP) is 3.92. The summed E-state index contributed by atoms with van der Waals surface area (Å²) in [5.74, 6) is -2.41. The maximum Gasteiger partial charge on any atom is 0.454 e. The Morgan fingerprint density at radius 2 is 1.79 bits per heavy atom. The van der Waals surface area contributed by atoms with Gasteiger partial charge in [0.25, 0.3) is 11.7 Å². The van der Waals surface area contributed by atoms with Gasteiger partial charge in [0.15, 0.2) is 0 Å². The third-order valence-electron chi connectivity index (χ3n) is 3.66. The molecule has 0 atom stereocenters. The molecule has 2 rings (SSSR count). The number of rotatable bonds is 4. The summed E-state index contributed by atoms with van der Waals surface area (Å²) in [6, 6.07) is 6.13. The molecular weight excluding hydrogens is 345 g/mol. The van der Waals surface area contributed by atoms with Crippen molar-refractivity contribution in [1.82, 2.24) is 10.9 Å². The summed E-state index contributed by atoms with van der Waals surface area (Å²) in [5, 5.41) is 0.365. The number of carbonyl (C=O) groups is 2. The van der Waals surface area contributed by atoms with Crippen molar-refractivity contribution in [1.29, 1.82) is 0 Å². The number of alkyl halides is 3.